The molecule has 11 heteroatoms. The van der Waals surface area contributed by atoms with Gasteiger partial charge in [0.25, 0.3) is 5.67 Å². The summed E-state index contributed by atoms with van der Waals surface area (Å²) >= 11 is 0. The third kappa shape index (κ3) is 2.68. The zero-order chi connectivity index (χ0) is 21.8. The van der Waals surface area contributed by atoms with Gasteiger partial charge in [-0.15, -0.1) is 0 Å². The standard InChI is InChI=1S/C17H18F9NO/c1-3-27(4-2)11-7-5-6-10(8-11)12(28)9-13(18)14(19,20)16(23,24)17(25,26)15(13,21)22/h5-8,12,28H,3-4,9H2,1-2H3. The summed E-state index contributed by atoms with van der Waals surface area (Å²) in [5, 5.41) is 9.99. The van der Waals surface area contributed by atoms with E-state index in [2.05, 4.69) is 0 Å². The molecule has 1 aromatic carbocycles. The lowest BCUT2D eigenvalue weighted by Gasteiger charge is -2.32. The number of anilines is 1. The second kappa shape index (κ2) is 6.70. The Kier molecular flexibility index (Phi) is 5.42. The fourth-order valence-corrected chi connectivity index (χ4v) is 3.25. The highest BCUT2D eigenvalue weighted by molar-refractivity contribution is 5.49. The van der Waals surface area contributed by atoms with Crippen LogP contribution in [0.15, 0.2) is 24.3 Å². The van der Waals surface area contributed by atoms with Crippen LogP contribution in [0.1, 0.15) is 31.9 Å². The van der Waals surface area contributed by atoms with Gasteiger partial charge in [0.2, 0.25) is 0 Å². The quantitative estimate of drug-likeness (QED) is 0.635. The Bertz CT molecular complexity index is 692. The van der Waals surface area contributed by atoms with E-state index >= 15 is 0 Å². The molecule has 1 fully saturated rings. The monoisotopic (exact) mass is 423 g/mol. The van der Waals surface area contributed by atoms with Crippen LogP contribution in [0, 0.1) is 0 Å². The summed E-state index contributed by atoms with van der Waals surface area (Å²) in [7, 11) is 0. The highest BCUT2D eigenvalue weighted by Crippen LogP contribution is 2.70. The van der Waals surface area contributed by atoms with E-state index in [1.165, 1.54) is 12.1 Å². The van der Waals surface area contributed by atoms with Crippen molar-refractivity contribution in [3.05, 3.63) is 29.8 Å². The number of halogens is 9. The van der Waals surface area contributed by atoms with E-state index in [4.69, 9.17) is 0 Å². The molecule has 1 unspecified atom stereocenters. The van der Waals surface area contributed by atoms with E-state index in [0.29, 0.717) is 18.8 Å². The number of alkyl halides is 9. The maximum atomic E-state index is 14.6. The number of aliphatic hydroxyl groups is 1. The van der Waals surface area contributed by atoms with Crippen molar-refractivity contribution in [2.45, 2.75) is 55.7 Å². The molecule has 0 aliphatic heterocycles. The van der Waals surface area contributed by atoms with Gasteiger partial charge in [0.1, 0.15) is 0 Å². The maximum Gasteiger partial charge on any atom is 0.381 e. The van der Waals surface area contributed by atoms with E-state index in [9.17, 15) is 44.6 Å². The van der Waals surface area contributed by atoms with Crippen molar-refractivity contribution >= 4 is 5.69 Å². The fourth-order valence-electron chi connectivity index (χ4n) is 3.25. The Morgan fingerprint density at radius 2 is 1.29 bits per heavy atom. The molecule has 28 heavy (non-hydrogen) atoms. The van der Waals surface area contributed by atoms with Crippen LogP contribution in [-0.2, 0) is 0 Å². The van der Waals surface area contributed by atoms with Gasteiger partial charge < -0.3 is 10.0 Å². The van der Waals surface area contributed by atoms with Gasteiger partial charge in [-0.1, -0.05) is 12.1 Å². The second-order valence-electron chi connectivity index (χ2n) is 6.59. The van der Waals surface area contributed by atoms with Gasteiger partial charge in [0.05, 0.1) is 6.10 Å². The van der Waals surface area contributed by atoms with Crippen molar-refractivity contribution in [2.75, 3.05) is 18.0 Å². The largest absolute Gasteiger partial charge is 0.388 e. The normalized spacial score (nSPS) is 24.7. The average Bonchev–Trinajstić information content (AvgIpc) is 2.66. The van der Waals surface area contributed by atoms with Crippen LogP contribution in [0.2, 0.25) is 0 Å². The summed E-state index contributed by atoms with van der Waals surface area (Å²) in [5.41, 5.74) is -5.61. The molecule has 1 aliphatic carbocycles. The van der Waals surface area contributed by atoms with Crippen molar-refractivity contribution in [1.29, 1.82) is 0 Å². The van der Waals surface area contributed by atoms with Crippen LogP contribution in [0.25, 0.3) is 0 Å². The predicted molar refractivity (Wildman–Crippen MR) is 83.2 cm³/mol. The number of benzene rings is 1. The summed E-state index contributed by atoms with van der Waals surface area (Å²) in [6, 6.07) is 5.03. The third-order valence-corrected chi connectivity index (χ3v) is 5.04. The van der Waals surface area contributed by atoms with Gasteiger partial charge in [-0.25, -0.2) is 4.39 Å². The molecule has 0 saturated heterocycles. The van der Waals surface area contributed by atoms with E-state index in [0.717, 1.165) is 12.1 Å². The molecule has 0 amide bonds. The lowest BCUT2D eigenvalue weighted by Crippen LogP contribution is -2.55. The fraction of sp³-hybridized carbons (Fsp3) is 0.647. The molecule has 160 valence electrons. The molecule has 0 spiro atoms. The van der Waals surface area contributed by atoms with E-state index < -0.39 is 41.9 Å². The van der Waals surface area contributed by atoms with Crippen molar-refractivity contribution < 1.29 is 44.6 Å². The zero-order valence-electron chi connectivity index (χ0n) is 14.8. The summed E-state index contributed by atoms with van der Waals surface area (Å²) in [5.74, 6) is -26.1. The molecular formula is C17H18F9NO. The number of aliphatic hydroxyl groups excluding tert-OH is 1. The van der Waals surface area contributed by atoms with Crippen molar-refractivity contribution in [2.24, 2.45) is 0 Å². The molecule has 0 radical (unpaired) electrons. The second-order valence-corrected chi connectivity index (χ2v) is 6.59. The van der Waals surface area contributed by atoms with Crippen molar-refractivity contribution in [3.8, 4) is 0 Å². The lowest BCUT2D eigenvalue weighted by atomic mass is 9.87. The highest BCUT2D eigenvalue weighted by atomic mass is 19.4. The van der Waals surface area contributed by atoms with Crippen LogP contribution < -0.4 is 4.90 Å². The highest BCUT2D eigenvalue weighted by Gasteiger charge is 3.00. The lowest BCUT2D eigenvalue weighted by molar-refractivity contribution is -0.303. The van der Waals surface area contributed by atoms with Gasteiger partial charge >= 0.3 is 23.7 Å². The third-order valence-electron chi connectivity index (χ3n) is 5.04. The predicted octanol–water partition coefficient (Wildman–Crippen LogP) is 5.22. The van der Waals surface area contributed by atoms with Gasteiger partial charge in [-0.3, -0.25) is 0 Å². The Balaban J connectivity index is 2.45. The summed E-state index contributed by atoms with van der Waals surface area (Å²) in [6.07, 6.45) is -4.80. The Morgan fingerprint density at radius 1 is 0.821 bits per heavy atom. The first-order chi connectivity index (χ1) is 12.6. The van der Waals surface area contributed by atoms with Crippen LogP contribution in [0.5, 0.6) is 0 Å². The van der Waals surface area contributed by atoms with Crippen LogP contribution in [0.4, 0.5) is 45.2 Å². The minimum absolute atomic E-state index is 0.355. The molecule has 1 atom stereocenters. The number of hydrogen-bond donors (Lipinski definition) is 1. The SMILES string of the molecule is CCN(CC)c1cccc(C(O)CC2(F)C(F)(F)C(F)(F)C(F)(F)C2(F)F)c1. The van der Waals surface area contributed by atoms with Gasteiger partial charge in [-0.05, 0) is 31.5 Å². The Labute approximate surface area is 154 Å². The Morgan fingerprint density at radius 3 is 1.71 bits per heavy atom. The molecule has 1 aliphatic rings. The van der Waals surface area contributed by atoms with Gasteiger partial charge in [0, 0.05) is 25.2 Å². The molecule has 2 nitrogen and oxygen atoms in total. The smallest absolute Gasteiger partial charge is 0.381 e. The first-order valence-corrected chi connectivity index (χ1v) is 8.35. The minimum atomic E-state index is -6.64. The van der Waals surface area contributed by atoms with Crippen LogP contribution in [-0.4, -0.2) is 47.6 Å². The minimum Gasteiger partial charge on any atom is -0.388 e. The molecule has 0 bridgehead atoms. The zero-order valence-corrected chi connectivity index (χ0v) is 14.8. The molecule has 1 aromatic rings. The van der Waals surface area contributed by atoms with Gasteiger partial charge in [0.15, 0.2) is 0 Å². The summed E-state index contributed by atoms with van der Waals surface area (Å²) < 4.78 is 123. The maximum absolute atomic E-state index is 14.6. The summed E-state index contributed by atoms with van der Waals surface area (Å²) in [6.45, 7) is 4.45. The first-order valence-electron chi connectivity index (χ1n) is 8.35. The topological polar surface area (TPSA) is 23.5 Å². The average molecular weight is 423 g/mol. The molecule has 2 rings (SSSR count). The van der Waals surface area contributed by atoms with E-state index in [1.54, 1.807) is 18.7 Å². The molecule has 1 N–H and O–H groups in total. The van der Waals surface area contributed by atoms with Crippen molar-refractivity contribution in [1.82, 2.24) is 0 Å². The number of nitrogens with zero attached hydrogens (tertiary/aromatic N) is 1. The molecule has 0 heterocycles. The van der Waals surface area contributed by atoms with Crippen LogP contribution >= 0.6 is 0 Å². The van der Waals surface area contributed by atoms with Gasteiger partial charge in [-0.2, -0.15) is 35.1 Å². The molecule has 1 saturated carbocycles. The first kappa shape index (κ1) is 22.6. The van der Waals surface area contributed by atoms with E-state index in [1.807, 2.05) is 0 Å². The Hall–Kier alpha value is -1.65. The van der Waals surface area contributed by atoms with E-state index in [-0.39, 0.29) is 5.56 Å². The molecule has 0 aromatic heterocycles. The van der Waals surface area contributed by atoms with Crippen molar-refractivity contribution in [3.63, 3.8) is 0 Å². The number of hydrogen-bond acceptors (Lipinski definition) is 2. The number of rotatable bonds is 6. The molecular weight excluding hydrogens is 405 g/mol. The van der Waals surface area contributed by atoms with Crippen LogP contribution in [0.3, 0.4) is 0 Å². The summed E-state index contributed by atoms with van der Waals surface area (Å²) in [4.78, 5) is 1.71.